The molecule has 0 fully saturated rings. The molecule has 11 rings (SSSR count). The Bertz CT molecular complexity index is 2830. The van der Waals surface area contributed by atoms with Crippen molar-refractivity contribution in [1.29, 1.82) is 0 Å². The van der Waals surface area contributed by atoms with Crippen LogP contribution in [0.3, 0.4) is 0 Å². The summed E-state index contributed by atoms with van der Waals surface area (Å²) in [5.41, 5.74) is 15.9. The van der Waals surface area contributed by atoms with E-state index in [0.29, 0.717) is 0 Å². The van der Waals surface area contributed by atoms with Gasteiger partial charge in [-0.25, -0.2) is 0 Å². The summed E-state index contributed by atoms with van der Waals surface area (Å²) >= 11 is 1.92. The van der Waals surface area contributed by atoms with Crippen molar-refractivity contribution in [1.82, 2.24) is 0 Å². The highest BCUT2D eigenvalue weighted by atomic mass is 32.2. The Balaban J connectivity index is 1.11. The van der Waals surface area contributed by atoms with Crippen molar-refractivity contribution in [3.05, 3.63) is 235 Å². The van der Waals surface area contributed by atoms with Crippen molar-refractivity contribution >= 4 is 39.6 Å². The van der Waals surface area contributed by atoms with Crippen molar-refractivity contribution in [2.45, 2.75) is 15.2 Å². The van der Waals surface area contributed by atoms with E-state index in [4.69, 9.17) is 0 Å². The van der Waals surface area contributed by atoms with E-state index < -0.39 is 5.41 Å². The summed E-state index contributed by atoms with van der Waals surface area (Å²) in [6.07, 6.45) is 0. The van der Waals surface area contributed by atoms with Crippen LogP contribution in [0.2, 0.25) is 0 Å². The standard InChI is InChI=1S/C53H35NS/c1-3-15-36(16-4-1)37-27-31-41(32-28-37)54(40-18-5-2-6-19-40)42-33-29-38(30-34-42)51-43-20-8-7-17-39(43)35-49-52(51)55-50-26-14-13-25-48(50)53(49)46-23-11-9-21-44(46)45-22-10-12-24-47(45)53/h1-35H. The Morgan fingerprint density at radius 1 is 0.364 bits per heavy atom. The molecule has 1 nitrogen and oxygen atoms in total. The Morgan fingerprint density at radius 2 is 0.855 bits per heavy atom. The molecule has 55 heavy (non-hydrogen) atoms. The van der Waals surface area contributed by atoms with Crippen LogP contribution in [0.5, 0.6) is 0 Å². The quantitative estimate of drug-likeness (QED) is 0.174. The van der Waals surface area contributed by atoms with Gasteiger partial charge in [-0.05, 0) is 109 Å². The lowest BCUT2D eigenvalue weighted by Crippen LogP contribution is -2.32. The number of anilines is 3. The van der Waals surface area contributed by atoms with Crippen LogP contribution in [0.4, 0.5) is 17.1 Å². The van der Waals surface area contributed by atoms with E-state index in [1.165, 1.54) is 76.2 Å². The zero-order valence-corrected chi connectivity index (χ0v) is 30.9. The van der Waals surface area contributed by atoms with Crippen LogP contribution in [0.1, 0.15) is 22.3 Å². The van der Waals surface area contributed by atoms with E-state index in [1.807, 2.05) is 11.8 Å². The summed E-state index contributed by atoms with van der Waals surface area (Å²) < 4.78 is 0. The molecular formula is C53H35NS. The maximum Gasteiger partial charge on any atom is 0.0735 e. The summed E-state index contributed by atoms with van der Waals surface area (Å²) in [6.45, 7) is 0. The van der Waals surface area contributed by atoms with Gasteiger partial charge in [0.25, 0.3) is 0 Å². The highest BCUT2D eigenvalue weighted by Crippen LogP contribution is 2.64. The molecule has 2 heteroatoms. The Kier molecular flexibility index (Phi) is 7.40. The third-order valence-electron chi connectivity index (χ3n) is 11.5. The summed E-state index contributed by atoms with van der Waals surface area (Å²) in [6, 6.07) is 78.0. The normalized spacial score (nSPS) is 13.2. The van der Waals surface area contributed by atoms with Gasteiger partial charge in [-0.1, -0.05) is 176 Å². The van der Waals surface area contributed by atoms with Crippen molar-refractivity contribution in [2.75, 3.05) is 4.90 Å². The smallest absolute Gasteiger partial charge is 0.0735 e. The molecule has 9 aromatic carbocycles. The van der Waals surface area contributed by atoms with Crippen LogP contribution < -0.4 is 4.90 Å². The van der Waals surface area contributed by atoms with E-state index in [-0.39, 0.29) is 0 Å². The number of fused-ring (bicyclic) bond motifs is 10. The Labute approximate surface area is 326 Å². The van der Waals surface area contributed by atoms with E-state index in [2.05, 4.69) is 217 Å². The largest absolute Gasteiger partial charge is 0.311 e. The van der Waals surface area contributed by atoms with Crippen LogP contribution in [-0.2, 0) is 5.41 Å². The van der Waals surface area contributed by atoms with Crippen molar-refractivity contribution in [3.8, 4) is 33.4 Å². The fourth-order valence-electron chi connectivity index (χ4n) is 9.17. The van der Waals surface area contributed by atoms with Gasteiger partial charge >= 0.3 is 0 Å². The van der Waals surface area contributed by atoms with Gasteiger partial charge in [0.1, 0.15) is 0 Å². The van der Waals surface area contributed by atoms with Gasteiger partial charge in [-0.2, -0.15) is 0 Å². The first-order valence-electron chi connectivity index (χ1n) is 18.9. The minimum absolute atomic E-state index is 0.431. The average Bonchev–Trinajstić information content (AvgIpc) is 3.55. The second-order valence-corrected chi connectivity index (χ2v) is 15.5. The van der Waals surface area contributed by atoms with Gasteiger partial charge < -0.3 is 4.90 Å². The molecular weight excluding hydrogens is 683 g/mol. The molecule has 258 valence electrons. The molecule has 1 aliphatic carbocycles. The van der Waals surface area contributed by atoms with E-state index in [0.717, 1.165) is 17.1 Å². The van der Waals surface area contributed by atoms with Gasteiger partial charge in [-0.3, -0.25) is 0 Å². The molecule has 0 N–H and O–H groups in total. The molecule has 0 saturated carbocycles. The first-order chi connectivity index (χ1) is 27.3. The monoisotopic (exact) mass is 717 g/mol. The molecule has 2 aliphatic rings. The molecule has 9 aromatic rings. The number of rotatable bonds is 5. The molecule has 1 heterocycles. The second-order valence-electron chi connectivity index (χ2n) is 14.4. The number of benzene rings is 9. The van der Waals surface area contributed by atoms with Crippen LogP contribution in [0.15, 0.2) is 222 Å². The van der Waals surface area contributed by atoms with Crippen molar-refractivity contribution in [3.63, 3.8) is 0 Å². The fraction of sp³-hybridized carbons (Fsp3) is 0.0189. The number of hydrogen-bond donors (Lipinski definition) is 0. The van der Waals surface area contributed by atoms with E-state index in [1.54, 1.807) is 0 Å². The van der Waals surface area contributed by atoms with Gasteiger partial charge in [0.2, 0.25) is 0 Å². The lowest BCUT2D eigenvalue weighted by Gasteiger charge is -2.40. The maximum absolute atomic E-state index is 2.49. The lowest BCUT2D eigenvalue weighted by molar-refractivity contribution is 0.725. The number of nitrogens with zero attached hydrogens (tertiary/aromatic N) is 1. The van der Waals surface area contributed by atoms with Crippen LogP contribution >= 0.6 is 11.8 Å². The van der Waals surface area contributed by atoms with Gasteiger partial charge in [0, 0.05) is 32.4 Å². The van der Waals surface area contributed by atoms with Gasteiger partial charge in [0.15, 0.2) is 0 Å². The summed E-state index contributed by atoms with van der Waals surface area (Å²) in [7, 11) is 0. The second kappa shape index (κ2) is 12.8. The summed E-state index contributed by atoms with van der Waals surface area (Å²) in [5, 5.41) is 2.53. The van der Waals surface area contributed by atoms with Crippen LogP contribution in [0, 0.1) is 0 Å². The molecule has 0 amide bonds. The molecule has 0 atom stereocenters. The third-order valence-corrected chi connectivity index (χ3v) is 12.7. The van der Waals surface area contributed by atoms with Gasteiger partial charge in [-0.15, -0.1) is 0 Å². The molecule has 0 unspecified atom stereocenters. The third kappa shape index (κ3) is 4.88. The predicted octanol–water partition coefficient (Wildman–Crippen LogP) is 14.5. The summed E-state index contributed by atoms with van der Waals surface area (Å²) in [5.74, 6) is 0. The number of hydrogen-bond acceptors (Lipinski definition) is 2. The van der Waals surface area contributed by atoms with Crippen LogP contribution in [0.25, 0.3) is 44.2 Å². The zero-order chi connectivity index (χ0) is 36.3. The molecule has 1 aliphatic heterocycles. The predicted molar refractivity (Wildman–Crippen MR) is 231 cm³/mol. The van der Waals surface area contributed by atoms with Crippen molar-refractivity contribution in [2.24, 2.45) is 0 Å². The first kappa shape index (κ1) is 31.9. The molecule has 1 spiro atoms. The lowest BCUT2D eigenvalue weighted by atomic mass is 9.66. The van der Waals surface area contributed by atoms with Crippen LogP contribution in [-0.4, -0.2) is 0 Å². The topological polar surface area (TPSA) is 3.24 Å². The average molecular weight is 718 g/mol. The SMILES string of the molecule is c1ccc(-c2ccc(N(c3ccccc3)c3ccc(-c4c5c(cc6ccccc46)C4(c6ccccc6S5)c5ccccc5-c5ccccc54)cc3)cc2)cc1. The van der Waals surface area contributed by atoms with E-state index in [9.17, 15) is 0 Å². The summed E-state index contributed by atoms with van der Waals surface area (Å²) in [4.78, 5) is 4.99. The Hall–Kier alpha value is -6.61. The fourth-order valence-corrected chi connectivity index (χ4v) is 10.5. The maximum atomic E-state index is 2.49. The Morgan fingerprint density at radius 3 is 1.53 bits per heavy atom. The molecule has 0 bridgehead atoms. The zero-order valence-electron chi connectivity index (χ0n) is 30.1. The van der Waals surface area contributed by atoms with E-state index >= 15 is 0 Å². The highest BCUT2D eigenvalue weighted by Gasteiger charge is 2.50. The highest BCUT2D eigenvalue weighted by molar-refractivity contribution is 7.99. The molecule has 0 radical (unpaired) electrons. The number of para-hydroxylation sites is 1. The minimum atomic E-state index is -0.431. The minimum Gasteiger partial charge on any atom is -0.311 e. The molecule has 0 saturated heterocycles. The molecule has 0 aromatic heterocycles. The van der Waals surface area contributed by atoms with Crippen molar-refractivity contribution < 1.29 is 0 Å². The van der Waals surface area contributed by atoms with Gasteiger partial charge in [0.05, 0.1) is 5.41 Å². The first-order valence-corrected chi connectivity index (χ1v) is 19.7.